The van der Waals surface area contributed by atoms with Crippen LogP contribution in [0.25, 0.3) is 22.6 Å². The number of hydrogen-bond donors (Lipinski definition) is 2. The largest absolute Gasteiger partial charge is 0.357 e. The lowest BCUT2D eigenvalue weighted by Gasteiger charge is -2.16. The van der Waals surface area contributed by atoms with E-state index in [9.17, 15) is 14.4 Å². The molecule has 5 rings (SSSR count). The number of H-pyrrole nitrogens is 1. The number of ketones is 1. The smallest absolute Gasteiger partial charge is 0.332 e. The predicted molar refractivity (Wildman–Crippen MR) is 123 cm³/mol. The van der Waals surface area contributed by atoms with Crippen molar-refractivity contribution in [1.29, 1.82) is 0 Å². The summed E-state index contributed by atoms with van der Waals surface area (Å²) in [5.74, 6) is 1.02. The first-order valence-corrected chi connectivity index (χ1v) is 10.9. The van der Waals surface area contributed by atoms with E-state index >= 15 is 0 Å². The lowest BCUT2D eigenvalue weighted by atomic mass is 10.0. The van der Waals surface area contributed by atoms with E-state index in [0.29, 0.717) is 35.0 Å². The Hall–Kier alpha value is -4.08. The average Bonchev–Trinajstić information content (AvgIpc) is 3.48. The van der Waals surface area contributed by atoms with E-state index in [4.69, 9.17) is 0 Å². The van der Waals surface area contributed by atoms with Gasteiger partial charge in [0.05, 0.1) is 0 Å². The molecule has 0 spiro atoms. The number of carbonyl (C=O) groups excluding carboxylic acids is 1. The summed E-state index contributed by atoms with van der Waals surface area (Å²) in [6, 6.07) is 7.09. The highest BCUT2D eigenvalue weighted by Gasteiger charge is 2.50. The number of rotatable bonds is 7. The molecule has 4 heterocycles. The molecule has 10 nitrogen and oxygen atoms in total. The van der Waals surface area contributed by atoms with Gasteiger partial charge in [-0.05, 0) is 51.0 Å². The highest BCUT2D eigenvalue weighted by molar-refractivity contribution is 6.06. The molecule has 0 saturated heterocycles. The molecule has 1 fully saturated rings. The van der Waals surface area contributed by atoms with E-state index < -0.39 is 11.1 Å². The lowest BCUT2D eigenvalue weighted by molar-refractivity contribution is 0.0958. The Balaban J connectivity index is 1.44. The fourth-order valence-corrected chi connectivity index (χ4v) is 4.03. The lowest BCUT2D eigenvalue weighted by Crippen LogP contribution is -2.39. The van der Waals surface area contributed by atoms with Crippen molar-refractivity contribution in [1.82, 2.24) is 29.1 Å². The highest BCUT2D eigenvalue weighted by Crippen LogP contribution is 2.41. The molecule has 0 aromatic carbocycles. The van der Waals surface area contributed by atoms with Gasteiger partial charge in [-0.25, -0.2) is 14.8 Å². The van der Waals surface area contributed by atoms with Crippen molar-refractivity contribution in [2.45, 2.75) is 45.3 Å². The molecular weight excluding hydrogens is 422 g/mol. The minimum Gasteiger partial charge on any atom is -0.357 e. The summed E-state index contributed by atoms with van der Waals surface area (Å²) >= 11 is 0. The van der Waals surface area contributed by atoms with Gasteiger partial charge in [-0.1, -0.05) is 0 Å². The quantitative estimate of drug-likeness (QED) is 0.418. The van der Waals surface area contributed by atoms with Gasteiger partial charge in [0.25, 0.3) is 5.56 Å². The summed E-state index contributed by atoms with van der Waals surface area (Å²) in [4.78, 5) is 54.2. The van der Waals surface area contributed by atoms with Gasteiger partial charge in [0.1, 0.15) is 22.7 Å². The van der Waals surface area contributed by atoms with Crippen LogP contribution in [0.4, 0.5) is 5.82 Å². The fourth-order valence-electron chi connectivity index (χ4n) is 4.03. The third kappa shape index (κ3) is 3.43. The molecule has 4 aromatic heterocycles. The second-order valence-electron chi connectivity index (χ2n) is 8.07. The number of hydrogen-bond acceptors (Lipinski definition) is 7. The van der Waals surface area contributed by atoms with Crippen LogP contribution in [-0.2, 0) is 13.1 Å². The van der Waals surface area contributed by atoms with Crippen molar-refractivity contribution in [3.63, 3.8) is 0 Å². The maximum Gasteiger partial charge on any atom is 0.332 e. The molecule has 0 bridgehead atoms. The van der Waals surface area contributed by atoms with Gasteiger partial charge in [-0.3, -0.25) is 23.7 Å². The van der Waals surface area contributed by atoms with Crippen molar-refractivity contribution in [2.24, 2.45) is 0 Å². The van der Waals surface area contributed by atoms with Crippen LogP contribution in [0.3, 0.4) is 0 Å². The number of imidazole rings is 1. The Kier molecular flexibility index (Phi) is 4.92. The van der Waals surface area contributed by atoms with E-state index in [-0.39, 0.29) is 23.5 Å². The summed E-state index contributed by atoms with van der Waals surface area (Å²) in [6.45, 7) is 4.27. The molecule has 2 N–H and O–H groups in total. The maximum atomic E-state index is 12.9. The molecule has 0 unspecified atom stereocenters. The molecule has 0 aliphatic heterocycles. The first-order valence-electron chi connectivity index (χ1n) is 10.9. The standard InChI is InChI=1S/C23H23N7O3/c1-3-29-20-17(21(32)30(4-2)22(29)33)26-19(27-20)15-7-8-16(25-13-15)28-23(9-10-23)18(31)14-6-5-11-24-12-14/h5-8,11-13H,3-4,9-10H2,1-2H3,(H,25,28)(H,26,27). The maximum absolute atomic E-state index is 12.9. The van der Waals surface area contributed by atoms with Crippen LogP contribution in [0.1, 0.15) is 37.0 Å². The van der Waals surface area contributed by atoms with Crippen molar-refractivity contribution < 1.29 is 4.79 Å². The number of fused-ring (bicyclic) bond motifs is 1. The van der Waals surface area contributed by atoms with Crippen LogP contribution in [0.5, 0.6) is 0 Å². The Bertz CT molecular complexity index is 1460. The van der Waals surface area contributed by atoms with Gasteiger partial charge >= 0.3 is 5.69 Å². The average molecular weight is 445 g/mol. The monoisotopic (exact) mass is 445 g/mol. The van der Waals surface area contributed by atoms with Crippen LogP contribution in [-0.4, -0.2) is 40.4 Å². The SMILES string of the molecule is CCn1c(=O)c2[nH]c(-c3ccc(NC4(C(=O)c5cccnc5)CC4)nc3)nc2n(CC)c1=O. The van der Waals surface area contributed by atoms with E-state index in [1.165, 1.54) is 9.13 Å². The minimum atomic E-state index is -0.653. The number of aromatic amines is 1. The normalized spacial score (nSPS) is 14.4. The van der Waals surface area contributed by atoms with Crippen molar-refractivity contribution >= 4 is 22.8 Å². The topological polar surface area (TPSA) is 128 Å². The van der Waals surface area contributed by atoms with Crippen molar-refractivity contribution in [3.8, 4) is 11.4 Å². The zero-order chi connectivity index (χ0) is 23.2. The van der Waals surface area contributed by atoms with Crippen molar-refractivity contribution in [3.05, 3.63) is 69.3 Å². The molecule has 1 saturated carbocycles. The zero-order valence-electron chi connectivity index (χ0n) is 18.3. The number of anilines is 1. The molecule has 168 valence electrons. The van der Waals surface area contributed by atoms with Gasteiger partial charge in [0, 0.05) is 42.8 Å². The molecule has 0 amide bonds. The first-order chi connectivity index (χ1) is 16.0. The van der Waals surface area contributed by atoms with Crippen LogP contribution in [0, 0.1) is 0 Å². The number of nitrogens with zero attached hydrogens (tertiary/aromatic N) is 5. The fraction of sp³-hybridized carbons (Fsp3) is 0.304. The molecule has 33 heavy (non-hydrogen) atoms. The second kappa shape index (κ2) is 7.80. The van der Waals surface area contributed by atoms with Crippen LogP contribution in [0.15, 0.2) is 52.4 Å². The van der Waals surface area contributed by atoms with Gasteiger partial charge in [-0.15, -0.1) is 0 Å². The van der Waals surface area contributed by atoms with Crippen LogP contribution in [0.2, 0.25) is 0 Å². The zero-order valence-corrected chi connectivity index (χ0v) is 18.3. The van der Waals surface area contributed by atoms with Gasteiger partial charge < -0.3 is 10.3 Å². The number of pyridine rings is 2. The van der Waals surface area contributed by atoms with Gasteiger partial charge in [0.15, 0.2) is 11.4 Å². The third-order valence-electron chi connectivity index (χ3n) is 6.01. The molecule has 0 radical (unpaired) electrons. The van der Waals surface area contributed by atoms with Crippen molar-refractivity contribution in [2.75, 3.05) is 5.32 Å². The number of nitrogens with one attached hydrogen (secondary N) is 2. The molecule has 10 heteroatoms. The molecule has 1 aliphatic rings. The Morgan fingerprint density at radius 1 is 1.12 bits per heavy atom. The number of aryl methyl sites for hydroxylation is 1. The van der Waals surface area contributed by atoms with E-state index in [1.807, 2.05) is 13.0 Å². The summed E-state index contributed by atoms with van der Waals surface area (Å²) in [5, 5.41) is 3.26. The Morgan fingerprint density at radius 2 is 1.91 bits per heavy atom. The number of Topliss-reactive ketones (excluding diaryl/α,β-unsaturated/α-hetero) is 1. The van der Waals surface area contributed by atoms with E-state index in [0.717, 1.165) is 12.8 Å². The van der Waals surface area contributed by atoms with Gasteiger partial charge in [-0.2, -0.15) is 0 Å². The van der Waals surface area contributed by atoms with E-state index in [2.05, 4.69) is 25.3 Å². The molecule has 0 atom stereocenters. The summed E-state index contributed by atoms with van der Waals surface area (Å²) in [5.41, 5.74) is 0.430. The predicted octanol–water partition coefficient (Wildman–Crippen LogP) is 2.21. The summed E-state index contributed by atoms with van der Waals surface area (Å²) < 4.78 is 2.66. The number of aromatic nitrogens is 6. The Morgan fingerprint density at radius 3 is 2.52 bits per heavy atom. The van der Waals surface area contributed by atoms with E-state index in [1.54, 1.807) is 43.7 Å². The van der Waals surface area contributed by atoms with Gasteiger partial charge in [0.2, 0.25) is 0 Å². The highest BCUT2D eigenvalue weighted by atomic mass is 16.2. The van der Waals surface area contributed by atoms with Crippen LogP contribution < -0.4 is 16.6 Å². The minimum absolute atomic E-state index is 0.00324. The van der Waals surface area contributed by atoms with Crippen LogP contribution >= 0.6 is 0 Å². The third-order valence-corrected chi connectivity index (χ3v) is 6.01. The first kappa shape index (κ1) is 20.8. The number of carbonyl (C=O) groups is 1. The molecular formula is C23H23N7O3. The summed E-state index contributed by atoms with van der Waals surface area (Å²) in [6.07, 6.45) is 6.29. The molecule has 1 aliphatic carbocycles. The molecule has 4 aromatic rings. The Labute approximate surface area is 188 Å². The summed E-state index contributed by atoms with van der Waals surface area (Å²) in [7, 11) is 0. The second-order valence-corrected chi connectivity index (χ2v) is 8.07.